The molecule has 28 heavy (non-hydrogen) atoms. The lowest BCUT2D eigenvalue weighted by Crippen LogP contribution is -2.16. The lowest BCUT2D eigenvalue weighted by molar-refractivity contribution is 0.102. The molecule has 3 aromatic rings. The van der Waals surface area contributed by atoms with Crippen LogP contribution in [-0.2, 0) is 0 Å². The molecule has 0 saturated carbocycles. The number of carbonyl (C=O) groups is 1. The van der Waals surface area contributed by atoms with E-state index in [-0.39, 0.29) is 17.3 Å². The van der Waals surface area contributed by atoms with Crippen molar-refractivity contribution in [3.8, 4) is 0 Å². The standard InChI is InChI=1S/C20H19F2N5O/c1-12-10-18(19(28)24-14-5-7-15(8-6-14)27(2)3)26-20(23-12)25-17-9-4-13(21)11-16(17)22/h4-11H,1-3H3,(H,24,28)(H,23,25,26). The first kappa shape index (κ1) is 19.2. The van der Waals surface area contributed by atoms with E-state index in [1.807, 2.05) is 31.1 Å². The van der Waals surface area contributed by atoms with E-state index in [0.717, 1.165) is 17.8 Å². The second-order valence-corrected chi connectivity index (χ2v) is 6.36. The van der Waals surface area contributed by atoms with Crippen molar-refractivity contribution in [1.29, 1.82) is 0 Å². The Morgan fingerprint density at radius 2 is 1.71 bits per heavy atom. The van der Waals surface area contributed by atoms with Crippen LogP contribution in [0.25, 0.3) is 0 Å². The normalized spacial score (nSPS) is 10.5. The van der Waals surface area contributed by atoms with Crippen LogP contribution in [0, 0.1) is 18.6 Å². The van der Waals surface area contributed by atoms with E-state index in [2.05, 4.69) is 20.6 Å². The monoisotopic (exact) mass is 383 g/mol. The summed E-state index contributed by atoms with van der Waals surface area (Å²) in [5.74, 6) is -1.85. The van der Waals surface area contributed by atoms with Crippen molar-refractivity contribution < 1.29 is 13.6 Å². The minimum absolute atomic E-state index is 0.0117. The van der Waals surface area contributed by atoms with E-state index < -0.39 is 17.5 Å². The summed E-state index contributed by atoms with van der Waals surface area (Å²) in [5.41, 5.74) is 2.27. The average molecular weight is 383 g/mol. The molecule has 1 heterocycles. The first-order valence-electron chi connectivity index (χ1n) is 8.48. The number of amides is 1. The molecule has 0 atom stereocenters. The molecule has 0 saturated heterocycles. The summed E-state index contributed by atoms with van der Waals surface area (Å²) >= 11 is 0. The molecule has 3 rings (SSSR count). The number of nitrogens with zero attached hydrogens (tertiary/aromatic N) is 3. The van der Waals surface area contributed by atoms with Gasteiger partial charge in [0.25, 0.3) is 5.91 Å². The zero-order valence-electron chi connectivity index (χ0n) is 15.6. The second-order valence-electron chi connectivity index (χ2n) is 6.36. The Kier molecular flexibility index (Phi) is 5.49. The molecule has 0 bridgehead atoms. The summed E-state index contributed by atoms with van der Waals surface area (Å²) in [5, 5.41) is 5.43. The Bertz CT molecular complexity index is 1010. The van der Waals surface area contributed by atoms with Crippen molar-refractivity contribution in [2.24, 2.45) is 0 Å². The van der Waals surface area contributed by atoms with Crippen LogP contribution in [0.2, 0.25) is 0 Å². The van der Waals surface area contributed by atoms with Crippen LogP contribution in [0.1, 0.15) is 16.2 Å². The molecule has 0 aliphatic carbocycles. The summed E-state index contributed by atoms with van der Waals surface area (Å²) in [6.07, 6.45) is 0. The second kappa shape index (κ2) is 7.99. The van der Waals surface area contributed by atoms with Crippen LogP contribution in [0.5, 0.6) is 0 Å². The summed E-state index contributed by atoms with van der Waals surface area (Å²) in [4.78, 5) is 22.8. The topological polar surface area (TPSA) is 70.2 Å². The molecule has 0 unspecified atom stereocenters. The number of hydrogen-bond donors (Lipinski definition) is 2. The summed E-state index contributed by atoms with van der Waals surface area (Å²) in [7, 11) is 3.85. The smallest absolute Gasteiger partial charge is 0.274 e. The fourth-order valence-electron chi connectivity index (χ4n) is 2.49. The third-order valence-electron chi connectivity index (χ3n) is 3.91. The third-order valence-corrected chi connectivity index (χ3v) is 3.91. The largest absolute Gasteiger partial charge is 0.378 e. The van der Waals surface area contributed by atoms with Crippen LogP contribution in [0.15, 0.2) is 48.5 Å². The maximum Gasteiger partial charge on any atom is 0.274 e. The predicted molar refractivity (Wildman–Crippen MR) is 105 cm³/mol. The Morgan fingerprint density at radius 3 is 2.36 bits per heavy atom. The van der Waals surface area contributed by atoms with Crippen molar-refractivity contribution in [3.63, 3.8) is 0 Å². The van der Waals surface area contributed by atoms with E-state index >= 15 is 0 Å². The van der Waals surface area contributed by atoms with Crippen molar-refractivity contribution in [2.75, 3.05) is 29.6 Å². The lowest BCUT2D eigenvalue weighted by Gasteiger charge is -2.13. The molecule has 0 aliphatic heterocycles. The van der Waals surface area contributed by atoms with E-state index in [4.69, 9.17) is 0 Å². The minimum atomic E-state index is -0.780. The van der Waals surface area contributed by atoms with Crippen molar-refractivity contribution >= 4 is 28.9 Å². The van der Waals surface area contributed by atoms with Gasteiger partial charge in [0.1, 0.15) is 17.3 Å². The summed E-state index contributed by atoms with van der Waals surface area (Å²) < 4.78 is 26.9. The number of carbonyl (C=O) groups excluding carboxylic acids is 1. The number of hydrogen-bond acceptors (Lipinski definition) is 5. The number of rotatable bonds is 5. The van der Waals surface area contributed by atoms with Gasteiger partial charge in [0.05, 0.1) is 5.69 Å². The summed E-state index contributed by atoms with van der Waals surface area (Å²) in [6.45, 7) is 1.69. The number of halogens is 2. The minimum Gasteiger partial charge on any atom is -0.378 e. The molecule has 0 spiro atoms. The molecular weight excluding hydrogens is 364 g/mol. The van der Waals surface area contributed by atoms with Crippen molar-refractivity contribution in [2.45, 2.75) is 6.92 Å². The van der Waals surface area contributed by atoms with Gasteiger partial charge in [0.15, 0.2) is 0 Å². The van der Waals surface area contributed by atoms with Gasteiger partial charge in [0, 0.05) is 37.2 Å². The summed E-state index contributed by atoms with van der Waals surface area (Å²) in [6, 6.07) is 12.0. The van der Waals surface area contributed by atoms with Gasteiger partial charge in [-0.25, -0.2) is 18.7 Å². The van der Waals surface area contributed by atoms with Gasteiger partial charge in [-0.1, -0.05) is 0 Å². The van der Waals surface area contributed by atoms with Gasteiger partial charge in [-0.15, -0.1) is 0 Å². The molecule has 2 N–H and O–H groups in total. The highest BCUT2D eigenvalue weighted by Crippen LogP contribution is 2.20. The van der Waals surface area contributed by atoms with Crippen LogP contribution in [0.3, 0.4) is 0 Å². The Balaban J connectivity index is 1.79. The zero-order chi connectivity index (χ0) is 20.3. The van der Waals surface area contributed by atoms with Gasteiger partial charge in [-0.05, 0) is 49.4 Å². The predicted octanol–water partition coefficient (Wildman–Crippen LogP) is 4.13. The molecule has 2 aromatic carbocycles. The first-order valence-corrected chi connectivity index (χ1v) is 8.48. The van der Waals surface area contributed by atoms with Crippen LogP contribution in [0.4, 0.5) is 31.8 Å². The van der Waals surface area contributed by atoms with Crippen LogP contribution < -0.4 is 15.5 Å². The lowest BCUT2D eigenvalue weighted by atomic mass is 10.2. The van der Waals surface area contributed by atoms with Crippen molar-refractivity contribution in [1.82, 2.24) is 9.97 Å². The highest BCUT2D eigenvalue weighted by Gasteiger charge is 2.13. The molecule has 8 heteroatoms. The van der Waals surface area contributed by atoms with E-state index in [9.17, 15) is 13.6 Å². The van der Waals surface area contributed by atoms with Crippen LogP contribution >= 0.6 is 0 Å². The van der Waals surface area contributed by atoms with Gasteiger partial charge in [0.2, 0.25) is 5.95 Å². The highest BCUT2D eigenvalue weighted by molar-refractivity contribution is 6.03. The first-order chi connectivity index (χ1) is 13.3. The average Bonchev–Trinajstić information content (AvgIpc) is 2.64. The van der Waals surface area contributed by atoms with Gasteiger partial charge in [-0.2, -0.15) is 0 Å². The SMILES string of the molecule is Cc1cc(C(=O)Nc2ccc(N(C)C)cc2)nc(Nc2ccc(F)cc2F)n1. The fraction of sp³-hybridized carbons (Fsp3) is 0.150. The molecule has 0 radical (unpaired) electrons. The maximum absolute atomic E-state index is 13.8. The number of benzene rings is 2. The number of aromatic nitrogens is 2. The molecule has 6 nitrogen and oxygen atoms in total. The quantitative estimate of drug-likeness (QED) is 0.693. The molecule has 0 aliphatic rings. The molecular formula is C20H19F2N5O. The van der Waals surface area contributed by atoms with Crippen LogP contribution in [-0.4, -0.2) is 30.0 Å². The fourth-order valence-corrected chi connectivity index (χ4v) is 2.49. The van der Waals surface area contributed by atoms with Gasteiger partial charge in [-0.3, -0.25) is 4.79 Å². The third kappa shape index (κ3) is 4.59. The Hall–Kier alpha value is -3.55. The number of nitrogens with one attached hydrogen (secondary N) is 2. The highest BCUT2D eigenvalue weighted by atomic mass is 19.1. The molecule has 1 amide bonds. The molecule has 0 fully saturated rings. The Morgan fingerprint density at radius 1 is 1.00 bits per heavy atom. The Labute approximate surface area is 161 Å². The maximum atomic E-state index is 13.8. The number of aryl methyl sites for hydroxylation is 1. The molecule has 144 valence electrons. The molecule has 1 aromatic heterocycles. The van der Waals surface area contributed by atoms with Gasteiger partial charge >= 0.3 is 0 Å². The van der Waals surface area contributed by atoms with E-state index in [1.165, 1.54) is 12.1 Å². The zero-order valence-corrected chi connectivity index (χ0v) is 15.6. The van der Waals surface area contributed by atoms with Gasteiger partial charge < -0.3 is 15.5 Å². The number of anilines is 4. The van der Waals surface area contributed by atoms with Crippen molar-refractivity contribution in [3.05, 3.63) is 71.6 Å². The van der Waals surface area contributed by atoms with E-state index in [1.54, 1.807) is 19.1 Å². The van der Waals surface area contributed by atoms with E-state index in [0.29, 0.717) is 11.4 Å².